The fourth-order valence-electron chi connectivity index (χ4n) is 1.30. The second-order valence-electron chi connectivity index (χ2n) is 2.91. The molecule has 1 heterocycles. The standard InChI is InChI=1S/C9H11BrF2N2O/c1-15-7-4-14-3-6(10)8(7)5(2-13)9(11)12/h3-5,9H,2,13H2,1H3. The molecule has 0 aromatic carbocycles. The van der Waals surface area contributed by atoms with Crippen LogP contribution in [0, 0.1) is 0 Å². The summed E-state index contributed by atoms with van der Waals surface area (Å²) in [7, 11) is 1.41. The maximum Gasteiger partial charge on any atom is 0.246 e. The first-order chi connectivity index (χ1) is 7.11. The van der Waals surface area contributed by atoms with Crippen LogP contribution in [0.2, 0.25) is 0 Å². The van der Waals surface area contributed by atoms with E-state index in [4.69, 9.17) is 10.5 Å². The number of nitrogens with two attached hydrogens (primary N) is 1. The van der Waals surface area contributed by atoms with Crippen LogP contribution in [0.3, 0.4) is 0 Å². The van der Waals surface area contributed by atoms with E-state index in [0.29, 0.717) is 15.8 Å². The third-order valence-electron chi connectivity index (χ3n) is 2.05. The van der Waals surface area contributed by atoms with Crippen molar-refractivity contribution in [3.63, 3.8) is 0 Å². The van der Waals surface area contributed by atoms with Gasteiger partial charge >= 0.3 is 0 Å². The van der Waals surface area contributed by atoms with E-state index < -0.39 is 12.3 Å². The van der Waals surface area contributed by atoms with E-state index in [1.54, 1.807) is 0 Å². The van der Waals surface area contributed by atoms with Crippen LogP contribution in [0.4, 0.5) is 8.78 Å². The summed E-state index contributed by atoms with van der Waals surface area (Å²) in [5, 5.41) is 0. The van der Waals surface area contributed by atoms with Crippen molar-refractivity contribution < 1.29 is 13.5 Å². The molecule has 0 aliphatic rings. The van der Waals surface area contributed by atoms with Gasteiger partial charge in [0, 0.05) is 22.8 Å². The molecular formula is C9H11BrF2N2O. The van der Waals surface area contributed by atoms with Gasteiger partial charge in [-0.1, -0.05) is 0 Å². The molecule has 0 spiro atoms. The Morgan fingerprint density at radius 3 is 2.67 bits per heavy atom. The molecule has 0 amide bonds. The predicted molar refractivity (Wildman–Crippen MR) is 56.3 cm³/mol. The van der Waals surface area contributed by atoms with E-state index >= 15 is 0 Å². The highest BCUT2D eigenvalue weighted by Gasteiger charge is 2.26. The first-order valence-corrected chi connectivity index (χ1v) is 5.06. The molecule has 0 aliphatic carbocycles. The van der Waals surface area contributed by atoms with Gasteiger partial charge in [0.25, 0.3) is 0 Å². The van der Waals surface area contributed by atoms with Crippen molar-refractivity contribution in [2.75, 3.05) is 13.7 Å². The average molecular weight is 281 g/mol. The summed E-state index contributed by atoms with van der Waals surface area (Å²) < 4.78 is 30.9. The van der Waals surface area contributed by atoms with Crippen molar-refractivity contribution in [1.82, 2.24) is 4.98 Å². The number of alkyl halides is 2. The molecule has 1 aromatic heterocycles. The Kier molecular flexibility index (Phi) is 4.41. The van der Waals surface area contributed by atoms with E-state index in [0.717, 1.165) is 0 Å². The lowest BCUT2D eigenvalue weighted by Gasteiger charge is -2.18. The molecule has 0 aliphatic heterocycles. The molecular weight excluding hydrogens is 270 g/mol. The van der Waals surface area contributed by atoms with Gasteiger partial charge in [-0.2, -0.15) is 0 Å². The van der Waals surface area contributed by atoms with Gasteiger partial charge in [-0.25, -0.2) is 8.78 Å². The largest absolute Gasteiger partial charge is 0.495 e. The molecule has 15 heavy (non-hydrogen) atoms. The van der Waals surface area contributed by atoms with Gasteiger partial charge in [0.1, 0.15) is 5.75 Å². The fraction of sp³-hybridized carbons (Fsp3) is 0.444. The third-order valence-corrected chi connectivity index (χ3v) is 2.68. The lowest BCUT2D eigenvalue weighted by Crippen LogP contribution is -2.21. The van der Waals surface area contributed by atoms with E-state index in [-0.39, 0.29) is 6.54 Å². The minimum atomic E-state index is -2.53. The van der Waals surface area contributed by atoms with Gasteiger partial charge in [0.15, 0.2) is 0 Å². The highest BCUT2D eigenvalue weighted by Crippen LogP contribution is 2.35. The molecule has 2 N–H and O–H groups in total. The summed E-state index contributed by atoms with van der Waals surface area (Å²) in [4.78, 5) is 3.83. The van der Waals surface area contributed by atoms with Crippen molar-refractivity contribution in [2.24, 2.45) is 5.73 Å². The summed E-state index contributed by atoms with van der Waals surface area (Å²) in [6.45, 7) is -0.142. The number of ether oxygens (including phenoxy) is 1. The van der Waals surface area contributed by atoms with Gasteiger partial charge in [-0.15, -0.1) is 0 Å². The lowest BCUT2D eigenvalue weighted by atomic mass is 10.0. The van der Waals surface area contributed by atoms with Crippen molar-refractivity contribution in [2.45, 2.75) is 12.3 Å². The predicted octanol–water partition coefficient (Wildman–Crippen LogP) is 2.16. The summed E-state index contributed by atoms with van der Waals surface area (Å²) >= 11 is 3.17. The van der Waals surface area contributed by atoms with E-state index in [9.17, 15) is 8.78 Å². The van der Waals surface area contributed by atoms with E-state index in [2.05, 4.69) is 20.9 Å². The van der Waals surface area contributed by atoms with Crippen LogP contribution < -0.4 is 10.5 Å². The molecule has 84 valence electrons. The zero-order chi connectivity index (χ0) is 11.4. The molecule has 1 rings (SSSR count). The number of methoxy groups -OCH3 is 1. The number of hydrogen-bond acceptors (Lipinski definition) is 3. The molecule has 0 saturated carbocycles. The highest BCUT2D eigenvalue weighted by atomic mass is 79.9. The Morgan fingerprint density at radius 2 is 2.20 bits per heavy atom. The van der Waals surface area contributed by atoms with Crippen molar-refractivity contribution in [3.8, 4) is 5.75 Å². The SMILES string of the molecule is COc1cncc(Br)c1C(CN)C(F)F. The van der Waals surface area contributed by atoms with Crippen LogP contribution in [0.25, 0.3) is 0 Å². The molecule has 1 aromatic rings. The highest BCUT2D eigenvalue weighted by molar-refractivity contribution is 9.10. The number of hydrogen-bond donors (Lipinski definition) is 1. The molecule has 0 radical (unpaired) electrons. The number of pyridine rings is 1. The van der Waals surface area contributed by atoms with Crippen LogP contribution in [0.1, 0.15) is 11.5 Å². The minimum absolute atomic E-state index is 0.142. The van der Waals surface area contributed by atoms with Crippen LogP contribution in [-0.4, -0.2) is 25.1 Å². The van der Waals surface area contributed by atoms with Crippen LogP contribution in [0.15, 0.2) is 16.9 Å². The molecule has 1 atom stereocenters. The second kappa shape index (κ2) is 5.37. The number of nitrogens with zero attached hydrogens (tertiary/aromatic N) is 1. The minimum Gasteiger partial charge on any atom is -0.495 e. The zero-order valence-corrected chi connectivity index (χ0v) is 9.67. The second-order valence-corrected chi connectivity index (χ2v) is 3.77. The number of halogens is 3. The topological polar surface area (TPSA) is 48.1 Å². The summed E-state index contributed by atoms with van der Waals surface area (Å²) in [5.74, 6) is -0.725. The maximum atomic E-state index is 12.7. The third kappa shape index (κ3) is 2.63. The maximum absolute atomic E-state index is 12.7. The van der Waals surface area contributed by atoms with Crippen LogP contribution >= 0.6 is 15.9 Å². The Morgan fingerprint density at radius 1 is 1.53 bits per heavy atom. The Hall–Kier alpha value is -0.750. The first kappa shape index (κ1) is 12.3. The lowest BCUT2D eigenvalue weighted by molar-refractivity contribution is 0.115. The summed E-state index contributed by atoms with van der Waals surface area (Å²) in [6, 6.07) is 0. The molecule has 6 heteroatoms. The van der Waals surface area contributed by atoms with Crippen molar-refractivity contribution >= 4 is 15.9 Å². The van der Waals surface area contributed by atoms with Crippen molar-refractivity contribution in [3.05, 3.63) is 22.4 Å². The van der Waals surface area contributed by atoms with E-state index in [1.165, 1.54) is 19.5 Å². The Labute approximate surface area is 94.8 Å². The number of rotatable bonds is 4. The van der Waals surface area contributed by atoms with Crippen molar-refractivity contribution in [1.29, 1.82) is 0 Å². The normalized spacial score (nSPS) is 12.9. The quantitative estimate of drug-likeness (QED) is 0.920. The molecule has 0 saturated heterocycles. The first-order valence-electron chi connectivity index (χ1n) is 4.27. The molecule has 0 fully saturated rings. The summed E-state index contributed by atoms with van der Waals surface area (Å²) in [6.07, 6.45) is 0.316. The molecule has 3 nitrogen and oxygen atoms in total. The molecule has 1 unspecified atom stereocenters. The van der Waals surface area contributed by atoms with Crippen LogP contribution in [-0.2, 0) is 0 Å². The Balaban J connectivity index is 3.20. The average Bonchev–Trinajstić information content (AvgIpc) is 2.21. The van der Waals surface area contributed by atoms with Gasteiger partial charge in [-0.05, 0) is 15.9 Å². The van der Waals surface area contributed by atoms with Crippen LogP contribution in [0.5, 0.6) is 5.75 Å². The van der Waals surface area contributed by atoms with Gasteiger partial charge < -0.3 is 10.5 Å². The summed E-state index contributed by atoms with van der Waals surface area (Å²) in [5.41, 5.74) is 5.69. The van der Waals surface area contributed by atoms with Gasteiger partial charge in [0.05, 0.1) is 19.2 Å². The van der Waals surface area contributed by atoms with E-state index in [1.807, 2.05) is 0 Å². The Bertz CT molecular complexity index is 336. The molecule has 0 bridgehead atoms. The van der Waals surface area contributed by atoms with Gasteiger partial charge in [0.2, 0.25) is 6.43 Å². The fourth-order valence-corrected chi connectivity index (χ4v) is 1.90. The zero-order valence-electron chi connectivity index (χ0n) is 8.08. The number of aromatic nitrogens is 1. The smallest absolute Gasteiger partial charge is 0.246 e. The van der Waals surface area contributed by atoms with Gasteiger partial charge in [-0.3, -0.25) is 4.98 Å². The monoisotopic (exact) mass is 280 g/mol.